The first kappa shape index (κ1) is 22.3. The molecule has 0 saturated carbocycles. The average Bonchev–Trinajstić information content (AvgIpc) is 3.08. The SMILES string of the molecule is CC(C)N(C(=O)Cn1c(CNC(=O)/C=C\c2ccccc2)nc2ccccc21)C(C)C. The van der Waals surface area contributed by atoms with Crippen molar-refractivity contribution in [1.82, 2.24) is 19.8 Å². The molecule has 0 bridgehead atoms. The molecule has 0 radical (unpaired) electrons. The molecule has 2 aromatic carbocycles. The highest BCUT2D eigenvalue weighted by Gasteiger charge is 2.22. The van der Waals surface area contributed by atoms with Gasteiger partial charge >= 0.3 is 0 Å². The molecule has 1 heterocycles. The van der Waals surface area contributed by atoms with Crippen LogP contribution in [0.3, 0.4) is 0 Å². The zero-order valence-electron chi connectivity index (χ0n) is 18.6. The molecule has 3 rings (SSSR count). The van der Waals surface area contributed by atoms with Crippen LogP contribution in [0, 0.1) is 0 Å². The number of amides is 2. The van der Waals surface area contributed by atoms with E-state index in [2.05, 4.69) is 10.3 Å². The number of carbonyl (C=O) groups is 2. The van der Waals surface area contributed by atoms with Crippen LogP contribution in [0.25, 0.3) is 17.1 Å². The second-order valence-corrected chi connectivity index (χ2v) is 8.05. The molecular weight excluding hydrogens is 388 g/mol. The Morgan fingerprint density at radius 1 is 1.00 bits per heavy atom. The van der Waals surface area contributed by atoms with Crippen LogP contribution in [0.15, 0.2) is 60.7 Å². The summed E-state index contributed by atoms with van der Waals surface area (Å²) in [7, 11) is 0. The normalized spacial score (nSPS) is 11.5. The van der Waals surface area contributed by atoms with E-state index in [1.165, 1.54) is 6.08 Å². The number of rotatable bonds is 8. The minimum Gasteiger partial charge on any atom is -0.345 e. The molecule has 0 atom stereocenters. The lowest BCUT2D eigenvalue weighted by molar-refractivity contribution is -0.135. The Morgan fingerprint density at radius 3 is 2.32 bits per heavy atom. The van der Waals surface area contributed by atoms with E-state index in [1.807, 2.05) is 91.8 Å². The third-order valence-corrected chi connectivity index (χ3v) is 5.08. The van der Waals surface area contributed by atoms with Gasteiger partial charge in [-0.2, -0.15) is 0 Å². The molecule has 6 heteroatoms. The lowest BCUT2D eigenvalue weighted by atomic mass is 10.2. The first-order chi connectivity index (χ1) is 14.9. The third-order valence-electron chi connectivity index (χ3n) is 5.08. The van der Waals surface area contributed by atoms with Crippen LogP contribution in [-0.4, -0.2) is 38.3 Å². The molecule has 0 aliphatic rings. The molecule has 1 aromatic heterocycles. The largest absolute Gasteiger partial charge is 0.345 e. The molecule has 162 valence electrons. The number of para-hydroxylation sites is 2. The van der Waals surface area contributed by atoms with E-state index in [-0.39, 0.29) is 37.0 Å². The maximum atomic E-state index is 13.1. The summed E-state index contributed by atoms with van der Waals surface area (Å²) in [6.45, 7) is 8.49. The molecule has 0 aliphatic heterocycles. The Bertz CT molecular complexity index is 1060. The molecule has 1 N–H and O–H groups in total. The van der Waals surface area contributed by atoms with Crippen molar-refractivity contribution >= 4 is 28.9 Å². The number of hydrogen-bond acceptors (Lipinski definition) is 3. The second-order valence-electron chi connectivity index (χ2n) is 8.05. The minimum absolute atomic E-state index is 0.0321. The lowest BCUT2D eigenvalue weighted by Gasteiger charge is -2.31. The van der Waals surface area contributed by atoms with Crippen molar-refractivity contribution in [3.05, 3.63) is 72.1 Å². The standard InChI is InChI=1S/C25H30N4O2/c1-18(2)29(19(3)4)25(31)17-28-22-13-9-8-12-21(22)27-23(28)16-26-24(30)15-14-20-10-6-5-7-11-20/h5-15,18-19H,16-17H2,1-4H3,(H,26,30)/b15-14-. The predicted octanol–water partition coefficient (Wildman–Crippen LogP) is 4.01. The van der Waals surface area contributed by atoms with Gasteiger partial charge in [0.25, 0.3) is 0 Å². The molecule has 0 spiro atoms. The number of benzene rings is 2. The van der Waals surface area contributed by atoms with Crippen molar-refractivity contribution in [3.8, 4) is 0 Å². The van der Waals surface area contributed by atoms with Crippen LogP contribution in [0.4, 0.5) is 0 Å². The monoisotopic (exact) mass is 418 g/mol. The summed E-state index contributed by atoms with van der Waals surface area (Å²) in [5, 5.41) is 2.88. The lowest BCUT2D eigenvalue weighted by Crippen LogP contribution is -2.44. The van der Waals surface area contributed by atoms with E-state index in [1.54, 1.807) is 6.08 Å². The zero-order chi connectivity index (χ0) is 22.4. The molecule has 2 amide bonds. The van der Waals surface area contributed by atoms with E-state index < -0.39 is 0 Å². The molecule has 3 aromatic rings. The third kappa shape index (κ3) is 5.60. The Hall–Kier alpha value is -3.41. The summed E-state index contributed by atoms with van der Waals surface area (Å²) in [4.78, 5) is 31.9. The molecule has 0 unspecified atom stereocenters. The topological polar surface area (TPSA) is 67.2 Å². The quantitative estimate of drug-likeness (QED) is 0.562. The van der Waals surface area contributed by atoms with Gasteiger partial charge in [-0.05, 0) is 51.5 Å². The van der Waals surface area contributed by atoms with Crippen LogP contribution in [-0.2, 0) is 22.7 Å². The summed E-state index contributed by atoms with van der Waals surface area (Å²) >= 11 is 0. The Labute approximate surface area is 183 Å². The Kier molecular flexibility index (Phi) is 7.23. The fourth-order valence-electron chi connectivity index (χ4n) is 3.79. The van der Waals surface area contributed by atoms with E-state index >= 15 is 0 Å². The van der Waals surface area contributed by atoms with Crippen molar-refractivity contribution in [2.45, 2.75) is 52.9 Å². The van der Waals surface area contributed by atoms with E-state index in [0.717, 1.165) is 16.6 Å². The zero-order valence-corrected chi connectivity index (χ0v) is 18.6. The van der Waals surface area contributed by atoms with E-state index in [4.69, 9.17) is 0 Å². The van der Waals surface area contributed by atoms with Gasteiger partial charge in [0.1, 0.15) is 12.4 Å². The van der Waals surface area contributed by atoms with Crippen LogP contribution >= 0.6 is 0 Å². The molecule has 31 heavy (non-hydrogen) atoms. The van der Waals surface area contributed by atoms with Gasteiger partial charge in [-0.15, -0.1) is 0 Å². The van der Waals surface area contributed by atoms with Crippen LogP contribution in [0.5, 0.6) is 0 Å². The molecule has 0 aliphatic carbocycles. The van der Waals surface area contributed by atoms with Crippen molar-refractivity contribution in [3.63, 3.8) is 0 Å². The first-order valence-corrected chi connectivity index (χ1v) is 10.6. The van der Waals surface area contributed by atoms with E-state index in [0.29, 0.717) is 5.82 Å². The second kappa shape index (κ2) is 10.1. The van der Waals surface area contributed by atoms with Crippen LogP contribution in [0.2, 0.25) is 0 Å². The number of hydrogen-bond donors (Lipinski definition) is 1. The highest BCUT2D eigenvalue weighted by atomic mass is 16.2. The van der Waals surface area contributed by atoms with Crippen molar-refractivity contribution < 1.29 is 9.59 Å². The number of aromatic nitrogens is 2. The van der Waals surface area contributed by atoms with Gasteiger partial charge in [0.2, 0.25) is 11.8 Å². The Balaban J connectivity index is 1.78. The number of imidazole rings is 1. The van der Waals surface area contributed by atoms with Crippen LogP contribution in [0.1, 0.15) is 39.1 Å². The average molecular weight is 419 g/mol. The molecule has 0 fully saturated rings. The van der Waals surface area contributed by atoms with Gasteiger partial charge in [-0.1, -0.05) is 42.5 Å². The van der Waals surface area contributed by atoms with Gasteiger partial charge < -0.3 is 14.8 Å². The number of nitrogens with one attached hydrogen (secondary N) is 1. The van der Waals surface area contributed by atoms with Gasteiger partial charge in [-0.3, -0.25) is 9.59 Å². The molecule has 6 nitrogen and oxygen atoms in total. The summed E-state index contributed by atoms with van der Waals surface area (Å²) in [5.74, 6) is 0.480. The minimum atomic E-state index is -0.209. The summed E-state index contributed by atoms with van der Waals surface area (Å²) in [6.07, 6.45) is 3.28. The number of fused-ring (bicyclic) bond motifs is 1. The Morgan fingerprint density at radius 2 is 1.65 bits per heavy atom. The fourth-order valence-corrected chi connectivity index (χ4v) is 3.79. The van der Waals surface area contributed by atoms with Crippen molar-refractivity contribution in [2.24, 2.45) is 0 Å². The highest BCUT2D eigenvalue weighted by Crippen LogP contribution is 2.17. The van der Waals surface area contributed by atoms with Crippen molar-refractivity contribution in [2.75, 3.05) is 0 Å². The summed E-state index contributed by atoms with van der Waals surface area (Å²) < 4.78 is 1.90. The predicted molar refractivity (Wildman–Crippen MR) is 124 cm³/mol. The molecule has 0 saturated heterocycles. The van der Waals surface area contributed by atoms with Gasteiger partial charge in [0.05, 0.1) is 17.6 Å². The maximum absolute atomic E-state index is 13.1. The summed E-state index contributed by atoms with van der Waals surface area (Å²) in [6, 6.07) is 17.6. The van der Waals surface area contributed by atoms with Gasteiger partial charge in [-0.25, -0.2) is 4.98 Å². The van der Waals surface area contributed by atoms with E-state index in [9.17, 15) is 9.59 Å². The highest BCUT2D eigenvalue weighted by molar-refractivity contribution is 5.91. The number of carbonyl (C=O) groups excluding carboxylic acids is 2. The maximum Gasteiger partial charge on any atom is 0.244 e. The number of nitrogens with zero attached hydrogens (tertiary/aromatic N) is 3. The van der Waals surface area contributed by atoms with Gasteiger partial charge in [0, 0.05) is 18.2 Å². The fraction of sp³-hybridized carbons (Fsp3) is 0.320. The van der Waals surface area contributed by atoms with Crippen molar-refractivity contribution in [1.29, 1.82) is 0 Å². The smallest absolute Gasteiger partial charge is 0.244 e. The summed E-state index contributed by atoms with van der Waals surface area (Å²) in [5.41, 5.74) is 2.64. The van der Waals surface area contributed by atoms with Gasteiger partial charge in [0.15, 0.2) is 0 Å². The molecular formula is C25H30N4O2. The first-order valence-electron chi connectivity index (χ1n) is 10.6. The van der Waals surface area contributed by atoms with Crippen LogP contribution < -0.4 is 5.32 Å².